The number of nitro groups is 1. The molecule has 144 valence electrons. The Morgan fingerprint density at radius 2 is 2.07 bits per heavy atom. The number of nitrogens with zero attached hydrogens (tertiary/aromatic N) is 3. The number of rotatable bonds is 6. The third-order valence-corrected chi connectivity index (χ3v) is 6.35. The molecule has 1 amide bonds. The van der Waals surface area contributed by atoms with Crippen LogP contribution in [0, 0.1) is 17.0 Å². The number of benzene rings is 2. The number of anilines is 1. The Bertz CT molecular complexity index is 1060. The van der Waals surface area contributed by atoms with Gasteiger partial charge in [0.2, 0.25) is 5.13 Å². The first-order valence-electron chi connectivity index (χ1n) is 7.80. The van der Waals surface area contributed by atoms with Gasteiger partial charge in [0.25, 0.3) is 11.6 Å². The largest absolute Gasteiger partial charge is 0.296 e. The molecule has 0 radical (unpaired) electrons. The molecule has 1 aromatic heterocycles. The van der Waals surface area contributed by atoms with Gasteiger partial charge >= 0.3 is 0 Å². The summed E-state index contributed by atoms with van der Waals surface area (Å²) in [5.41, 5.74) is 1.30. The van der Waals surface area contributed by atoms with Gasteiger partial charge in [0.1, 0.15) is 0 Å². The molecule has 0 aliphatic rings. The predicted molar refractivity (Wildman–Crippen MR) is 112 cm³/mol. The number of thioether (sulfide) groups is 1. The van der Waals surface area contributed by atoms with Gasteiger partial charge < -0.3 is 0 Å². The predicted octanol–water partition coefficient (Wildman–Crippen LogP) is 5.61. The minimum absolute atomic E-state index is 0.110. The standard InChI is InChI=1S/C17H12Cl2N4O3S2/c1-9-12(3-2-4-14(9)23(25)26)15(24)20-16-21-22-17(28-16)27-8-10-5-6-11(18)7-13(10)19/h2-7H,8H2,1H3,(H,20,21,24). The van der Waals surface area contributed by atoms with Crippen LogP contribution >= 0.6 is 46.3 Å². The quantitative estimate of drug-likeness (QED) is 0.225. The van der Waals surface area contributed by atoms with Gasteiger partial charge in [-0.25, -0.2) is 0 Å². The second-order valence-electron chi connectivity index (χ2n) is 5.56. The van der Waals surface area contributed by atoms with Crippen molar-refractivity contribution < 1.29 is 9.72 Å². The summed E-state index contributed by atoms with van der Waals surface area (Å²) < 4.78 is 0.650. The zero-order valence-corrected chi connectivity index (χ0v) is 17.5. The molecule has 3 aromatic rings. The van der Waals surface area contributed by atoms with Crippen LogP contribution in [-0.4, -0.2) is 21.0 Å². The Hall–Kier alpha value is -2.20. The molecule has 0 aliphatic heterocycles. The zero-order valence-electron chi connectivity index (χ0n) is 14.3. The first-order valence-corrected chi connectivity index (χ1v) is 10.4. The minimum atomic E-state index is -0.520. The molecule has 3 rings (SSSR count). The van der Waals surface area contributed by atoms with Crippen molar-refractivity contribution in [2.75, 3.05) is 5.32 Å². The molecule has 11 heteroatoms. The number of aromatic nitrogens is 2. The van der Waals surface area contributed by atoms with Crippen LogP contribution in [0.15, 0.2) is 40.7 Å². The van der Waals surface area contributed by atoms with E-state index in [-0.39, 0.29) is 11.3 Å². The van der Waals surface area contributed by atoms with Crippen LogP contribution in [0.25, 0.3) is 0 Å². The lowest BCUT2D eigenvalue weighted by Crippen LogP contribution is -2.14. The highest BCUT2D eigenvalue weighted by atomic mass is 35.5. The number of hydrogen-bond donors (Lipinski definition) is 1. The van der Waals surface area contributed by atoms with Crippen molar-refractivity contribution in [3.63, 3.8) is 0 Å². The van der Waals surface area contributed by atoms with E-state index >= 15 is 0 Å². The fourth-order valence-electron chi connectivity index (χ4n) is 2.33. The summed E-state index contributed by atoms with van der Waals surface area (Å²) in [6, 6.07) is 9.62. The van der Waals surface area contributed by atoms with Gasteiger partial charge in [-0.05, 0) is 30.7 Å². The van der Waals surface area contributed by atoms with E-state index in [4.69, 9.17) is 23.2 Å². The molecule has 0 saturated heterocycles. The highest BCUT2D eigenvalue weighted by Gasteiger charge is 2.19. The first-order chi connectivity index (χ1) is 13.3. The van der Waals surface area contributed by atoms with Gasteiger partial charge in [0.05, 0.1) is 4.92 Å². The smallest absolute Gasteiger partial charge is 0.273 e. The Labute approximate surface area is 178 Å². The maximum Gasteiger partial charge on any atom is 0.273 e. The topological polar surface area (TPSA) is 98.0 Å². The minimum Gasteiger partial charge on any atom is -0.296 e. The summed E-state index contributed by atoms with van der Waals surface area (Å²) in [7, 11) is 0. The molecule has 0 fully saturated rings. The van der Waals surface area contributed by atoms with Crippen LogP contribution in [0.3, 0.4) is 0 Å². The fourth-order valence-corrected chi connectivity index (χ4v) is 4.63. The molecule has 0 bridgehead atoms. The maximum atomic E-state index is 12.4. The first kappa shape index (κ1) is 20.5. The summed E-state index contributed by atoms with van der Waals surface area (Å²) >= 11 is 14.7. The molecule has 1 heterocycles. The second kappa shape index (κ2) is 8.87. The number of nitro benzene ring substituents is 1. The van der Waals surface area contributed by atoms with E-state index in [0.29, 0.717) is 30.8 Å². The number of carbonyl (C=O) groups excluding carboxylic acids is 1. The molecule has 7 nitrogen and oxygen atoms in total. The van der Waals surface area contributed by atoms with Gasteiger partial charge in [0.15, 0.2) is 4.34 Å². The van der Waals surface area contributed by atoms with Crippen molar-refractivity contribution in [3.05, 3.63) is 73.2 Å². The second-order valence-corrected chi connectivity index (χ2v) is 8.60. The van der Waals surface area contributed by atoms with Gasteiger partial charge in [-0.2, -0.15) is 0 Å². The number of carbonyl (C=O) groups is 1. The third kappa shape index (κ3) is 4.79. The Morgan fingerprint density at radius 3 is 2.79 bits per heavy atom. The van der Waals surface area contributed by atoms with Gasteiger partial charge in [-0.3, -0.25) is 20.2 Å². The van der Waals surface area contributed by atoms with Crippen molar-refractivity contribution in [3.8, 4) is 0 Å². The fraction of sp³-hybridized carbons (Fsp3) is 0.118. The van der Waals surface area contributed by atoms with Gasteiger partial charge in [0, 0.05) is 33.0 Å². The van der Waals surface area contributed by atoms with Crippen LogP contribution in [0.5, 0.6) is 0 Å². The van der Waals surface area contributed by atoms with Gasteiger partial charge in [-0.1, -0.05) is 58.4 Å². The van der Waals surface area contributed by atoms with E-state index < -0.39 is 10.8 Å². The molecular weight excluding hydrogens is 443 g/mol. The van der Waals surface area contributed by atoms with E-state index in [9.17, 15) is 14.9 Å². The summed E-state index contributed by atoms with van der Waals surface area (Å²) in [6.45, 7) is 1.53. The molecule has 0 aliphatic carbocycles. The van der Waals surface area contributed by atoms with Crippen molar-refractivity contribution in [2.45, 2.75) is 17.0 Å². The Morgan fingerprint density at radius 1 is 1.29 bits per heavy atom. The molecule has 1 N–H and O–H groups in total. The molecule has 0 spiro atoms. The number of hydrogen-bond acceptors (Lipinski definition) is 7. The van der Waals surface area contributed by atoms with E-state index in [0.717, 1.165) is 5.56 Å². The highest BCUT2D eigenvalue weighted by Crippen LogP contribution is 2.32. The molecule has 28 heavy (non-hydrogen) atoms. The summed E-state index contributed by atoms with van der Waals surface area (Å²) in [4.78, 5) is 22.9. The van der Waals surface area contributed by atoms with Crippen molar-refractivity contribution in [1.29, 1.82) is 0 Å². The van der Waals surface area contributed by atoms with Crippen molar-refractivity contribution >= 4 is 63.0 Å². The number of halogens is 2. The normalized spacial score (nSPS) is 10.7. The summed E-state index contributed by atoms with van der Waals surface area (Å²) in [6.07, 6.45) is 0. The average Bonchev–Trinajstić information content (AvgIpc) is 3.08. The number of amides is 1. The average molecular weight is 455 g/mol. The highest BCUT2D eigenvalue weighted by molar-refractivity contribution is 8.00. The van der Waals surface area contributed by atoms with Crippen LogP contribution in [0.2, 0.25) is 10.0 Å². The van der Waals surface area contributed by atoms with Gasteiger partial charge in [-0.15, -0.1) is 10.2 Å². The molecule has 2 aromatic carbocycles. The lowest BCUT2D eigenvalue weighted by atomic mass is 10.1. The molecule has 0 saturated carbocycles. The Kier molecular flexibility index (Phi) is 6.50. The van der Waals surface area contributed by atoms with Crippen LogP contribution in [0.1, 0.15) is 21.5 Å². The van der Waals surface area contributed by atoms with Crippen LogP contribution in [-0.2, 0) is 5.75 Å². The van der Waals surface area contributed by atoms with Crippen LogP contribution in [0.4, 0.5) is 10.8 Å². The lowest BCUT2D eigenvalue weighted by molar-refractivity contribution is -0.385. The van der Waals surface area contributed by atoms with Crippen LogP contribution < -0.4 is 5.32 Å². The monoisotopic (exact) mass is 454 g/mol. The van der Waals surface area contributed by atoms with E-state index in [1.54, 1.807) is 12.1 Å². The molecular formula is C17H12Cl2N4O3S2. The summed E-state index contributed by atoms with van der Waals surface area (Å²) in [5, 5.41) is 23.1. The Balaban J connectivity index is 1.67. The maximum absolute atomic E-state index is 12.4. The third-order valence-electron chi connectivity index (χ3n) is 3.74. The number of nitrogens with one attached hydrogen (secondary N) is 1. The van der Waals surface area contributed by atoms with E-state index in [2.05, 4.69) is 15.5 Å². The van der Waals surface area contributed by atoms with Crippen molar-refractivity contribution in [1.82, 2.24) is 10.2 Å². The van der Waals surface area contributed by atoms with E-state index in [1.165, 1.54) is 48.2 Å². The van der Waals surface area contributed by atoms with E-state index in [1.807, 2.05) is 6.07 Å². The van der Waals surface area contributed by atoms with Crippen molar-refractivity contribution in [2.24, 2.45) is 0 Å². The lowest BCUT2D eigenvalue weighted by Gasteiger charge is -2.05. The summed E-state index contributed by atoms with van der Waals surface area (Å²) in [5.74, 6) is 0.0948. The SMILES string of the molecule is Cc1c(C(=O)Nc2nnc(SCc3ccc(Cl)cc3Cl)s2)cccc1[N+](=O)[O-]. The zero-order chi connectivity index (χ0) is 20.3. The molecule has 0 unspecified atom stereocenters. The molecule has 0 atom stereocenters.